The number of ether oxygens (including phenoxy) is 2. The molecule has 0 aliphatic heterocycles. The molecule has 2 aromatic carbocycles. The second-order valence-corrected chi connectivity index (χ2v) is 7.27. The monoisotopic (exact) mass is 432 g/mol. The van der Waals surface area contributed by atoms with Crippen LogP contribution in [-0.2, 0) is 16.1 Å². The van der Waals surface area contributed by atoms with E-state index in [2.05, 4.69) is 15.5 Å². The molecular weight excluding hydrogens is 412 g/mol. The number of carbonyl (C=O) groups is 1. The molecule has 3 aromatic rings. The molecule has 0 unspecified atom stereocenters. The third-order valence-corrected chi connectivity index (χ3v) is 5.07. The molecule has 0 aliphatic rings. The van der Waals surface area contributed by atoms with E-state index in [0.29, 0.717) is 29.2 Å². The van der Waals surface area contributed by atoms with E-state index >= 15 is 0 Å². The van der Waals surface area contributed by atoms with E-state index < -0.39 is 0 Å². The molecule has 0 saturated heterocycles. The Morgan fingerprint density at radius 1 is 1.21 bits per heavy atom. The summed E-state index contributed by atoms with van der Waals surface area (Å²) in [5, 5.41) is 13.1. The maximum absolute atomic E-state index is 11.5. The van der Waals surface area contributed by atoms with Crippen LogP contribution in [-0.4, -0.2) is 40.2 Å². The predicted molar refractivity (Wildman–Crippen MR) is 114 cm³/mol. The average Bonchev–Trinajstić information content (AvgIpc) is 3.14. The van der Waals surface area contributed by atoms with Gasteiger partial charge in [-0.1, -0.05) is 29.4 Å². The number of thioether (sulfide) groups is 1. The van der Waals surface area contributed by atoms with Crippen LogP contribution in [0.15, 0.2) is 53.7 Å². The van der Waals surface area contributed by atoms with Crippen molar-refractivity contribution in [2.24, 2.45) is 0 Å². The molecule has 0 aliphatic carbocycles. The lowest BCUT2D eigenvalue weighted by Gasteiger charge is -2.12. The Hall–Kier alpha value is -2.71. The van der Waals surface area contributed by atoms with Crippen LogP contribution in [0.1, 0.15) is 12.7 Å². The van der Waals surface area contributed by atoms with E-state index in [1.807, 2.05) is 54.0 Å². The molecule has 0 fully saturated rings. The van der Waals surface area contributed by atoms with Crippen molar-refractivity contribution in [2.75, 3.05) is 24.8 Å². The van der Waals surface area contributed by atoms with Crippen LogP contribution >= 0.6 is 23.4 Å². The summed E-state index contributed by atoms with van der Waals surface area (Å²) < 4.78 is 12.1. The zero-order chi connectivity index (χ0) is 20.6. The highest BCUT2D eigenvalue weighted by molar-refractivity contribution is 7.99. The first-order valence-electron chi connectivity index (χ1n) is 8.97. The topological polar surface area (TPSA) is 78.3 Å². The highest BCUT2D eigenvalue weighted by Crippen LogP contribution is 2.25. The van der Waals surface area contributed by atoms with Gasteiger partial charge in [-0.25, -0.2) is 0 Å². The minimum atomic E-state index is -0.329. The van der Waals surface area contributed by atoms with Crippen molar-refractivity contribution in [1.82, 2.24) is 14.8 Å². The average molecular weight is 433 g/mol. The summed E-state index contributed by atoms with van der Waals surface area (Å²) in [7, 11) is 1.36. The number of rotatable bonds is 9. The molecule has 0 bridgehead atoms. The summed E-state index contributed by atoms with van der Waals surface area (Å²) in [6.07, 6.45) is 0. The van der Waals surface area contributed by atoms with Gasteiger partial charge in [-0.3, -0.25) is 9.36 Å². The standard InChI is InChI=1S/C20H21ClN4O3S/c1-3-28-17-9-7-15(8-10-17)22-12-18-23-24-20(29-13-19(26)27-2)25(18)16-6-4-5-14(21)11-16/h4-11,22H,3,12-13H2,1-2H3. The minimum Gasteiger partial charge on any atom is -0.494 e. The molecule has 152 valence electrons. The third-order valence-electron chi connectivity index (χ3n) is 3.93. The molecule has 9 heteroatoms. The Kier molecular flexibility index (Phi) is 7.37. The van der Waals surface area contributed by atoms with Crippen molar-refractivity contribution < 1.29 is 14.3 Å². The highest BCUT2D eigenvalue weighted by atomic mass is 35.5. The lowest BCUT2D eigenvalue weighted by atomic mass is 10.3. The number of nitrogens with zero attached hydrogens (tertiary/aromatic N) is 3. The van der Waals surface area contributed by atoms with Gasteiger partial charge in [0.1, 0.15) is 5.75 Å². The number of benzene rings is 2. The Labute approximate surface area is 178 Å². The first-order valence-corrected chi connectivity index (χ1v) is 10.3. The SMILES string of the molecule is CCOc1ccc(NCc2nnc(SCC(=O)OC)n2-c2cccc(Cl)c2)cc1. The lowest BCUT2D eigenvalue weighted by Crippen LogP contribution is -2.09. The number of nitrogens with one attached hydrogen (secondary N) is 1. The van der Waals surface area contributed by atoms with Gasteiger partial charge < -0.3 is 14.8 Å². The lowest BCUT2D eigenvalue weighted by molar-refractivity contribution is -0.137. The van der Waals surface area contributed by atoms with Crippen LogP contribution < -0.4 is 10.1 Å². The Morgan fingerprint density at radius 3 is 2.69 bits per heavy atom. The molecule has 1 N–H and O–H groups in total. The number of aromatic nitrogens is 3. The van der Waals surface area contributed by atoms with Gasteiger partial charge in [0.25, 0.3) is 0 Å². The Morgan fingerprint density at radius 2 is 2.00 bits per heavy atom. The van der Waals surface area contributed by atoms with Crippen LogP contribution in [0.3, 0.4) is 0 Å². The molecule has 7 nitrogen and oxygen atoms in total. The summed E-state index contributed by atoms with van der Waals surface area (Å²) in [5.41, 5.74) is 1.75. The summed E-state index contributed by atoms with van der Waals surface area (Å²) in [6.45, 7) is 3.01. The summed E-state index contributed by atoms with van der Waals surface area (Å²) in [4.78, 5) is 11.5. The van der Waals surface area contributed by atoms with Crippen LogP contribution in [0.5, 0.6) is 5.75 Å². The quantitative estimate of drug-likeness (QED) is 0.401. The molecule has 3 rings (SSSR count). The fourth-order valence-corrected chi connectivity index (χ4v) is 3.57. The minimum absolute atomic E-state index is 0.140. The molecule has 0 spiro atoms. The van der Waals surface area contributed by atoms with Gasteiger partial charge in [0.05, 0.1) is 31.7 Å². The second-order valence-electron chi connectivity index (χ2n) is 5.89. The smallest absolute Gasteiger partial charge is 0.316 e. The molecule has 29 heavy (non-hydrogen) atoms. The maximum Gasteiger partial charge on any atom is 0.316 e. The van der Waals surface area contributed by atoms with Crippen molar-refractivity contribution in [3.05, 3.63) is 59.4 Å². The van der Waals surface area contributed by atoms with Gasteiger partial charge in [-0.05, 0) is 49.4 Å². The normalized spacial score (nSPS) is 10.6. The van der Waals surface area contributed by atoms with E-state index in [4.69, 9.17) is 21.1 Å². The van der Waals surface area contributed by atoms with E-state index in [1.165, 1.54) is 18.9 Å². The van der Waals surface area contributed by atoms with Crippen LogP contribution in [0.25, 0.3) is 5.69 Å². The first-order chi connectivity index (χ1) is 14.1. The molecular formula is C20H21ClN4O3S. The van der Waals surface area contributed by atoms with Crippen molar-refractivity contribution in [3.8, 4) is 11.4 Å². The van der Waals surface area contributed by atoms with E-state index in [-0.39, 0.29) is 11.7 Å². The largest absolute Gasteiger partial charge is 0.494 e. The molecule has 0 amide bonds. The number of halogens is 1. The summed E-state index contributed by atoms with van der Waals surface area (Å²) >= 11 is 7.43. The van der Waals surface area contributed by atoms with Crippen molar-refractivity contribution in [1.29, 1.82) is 0 Å². The van der Waals surface area contributed by atoms with Crippen LogP contribution in [0.4, 0.5) is 5.69 Å². The van der Waals surface area contributed by atoms with Crippen LogP contribution in [0, 0.1) is 0 Å². The molecule has 0 radical (unpaired) electrons. The fourth-order valence-electron chi connectivity index (χ4n) is 2.58. The maximum atomic E-state index is 11.5. The van der Waals surface area contributed by atoms with Gasteiger partial charge in [0.2, 0.25) is 0 Å². The zero-order valence-electron chi connectivity index (χ0n) is 16.1. The van der Waals surface area contributed by atoms with Gasteiger partial charge in [0, 0.05) is 10.7 Å². The van der Waals surface area contributed by atoms with Gasteiger partial charge >= 0.3 is 5.97 Å². The van der Waals surface area contributed by atoms with Gasteiger partial charge in [-0.15, -0.1) is 10.2 Å². The van der Waals surface area contributed by atoms with Crippen LogP contribution in [0.2, 0.25) is 5.02 Å². The second kappa shape index (κ2) is 10.2. The molecule has 1 aromatic heterocycles. The van der Waals surface area contributed by atoms with Crippen molar-refractivity contribution >= 4 is 35.0 Å². The molecule has 0 atom stereocenters. The summed E-state index contributed by atoms with van der Waals surface area (Å²) in [5.74, 6) is 1.32. The third kappa shape index (κ3) is 5.65. The van der Waals surface area contributed by atoms with E-state index in [1.54, 1.807) is 6.07 Å². The number of anilines is 1. The van der Waals surface area contributed by atoms with Gasteiger partial charge in [-0.2, -0.15) is 0 Å². The van der Waals surface area contributed by atoms with E-state index in [9.17, 15) is 4.79 Å². The molecule has 0 saturated carbocycles. The summed E-state index contributed by atoms with van der Waals surface area (Å²) in [6, 6.07) is 15.1. The van der Waals surface area contributed by atoms with Gasteiger partial charge in [0.15, 0.2) is 11.0 Å². The van der Waals surface area contributed by atoms with E-state index in [0.717, 1.165) is 17.1 Å². The zero-order valence-corrected chi connectivity index (χ0v) is 17.7. The van der Waals surface area contributed by atoms with Crippen molar-refractivity contribution in [2.45, 2.75) is 18.6 Å². The number of esters is 1. The Bertz CT molecular complexity index is 963. The fraction of sp³-hybridized carbons (Fsp3) is 0.250. The number of methoxy groups -OCH3 is 1. The number of hydrogen-bond donors (Lipinski definition) is 1. The highest BCUT2D eigenvalue weighted by Gasteiger charge is 2.16. The number of hydrogen-bond acceptors (Lipinski definition) is 7. The number of carbonyl (C=O) groups excluding carboxylic acids is 1. The molecule has 1 heterocycles. The predicted octanol–water partition coefficient (Wildman–Crippen LogP) is 4.20. The van der Waals surface area contributed by atoms with Crippen molar-refractivity contribution in [3.63, 3.8) is 0 Å². The Balaban J connectivity index is 1.81. The first kappa shape index (κ1) is 21.0.